The third kappa shape index (κ3) is 3.97. The molecule has 0 radical (unpaired) electrons. The second kappa shape index (κ2) is 7.45. The van der Waals surface area contributed by atoms with Gasteiger partial charge in [-0.15, -0.1) is 0 Å². The van der Waals surface area contributed by atoms with E-state index >= 15 is 0 Å². The highest BCUT2D eigenvalue weighted by molar-refractivity contribution is 5.98. The van der Waals surface area contributed by atoms with Gasteiger partial charge in [-0.3, -0.25) is 4.79 Å². The van der Waals surface area contributed by atoms with Gasteiger partial charge in [0.1, 0.15) is 23.9 Å². The van der Waals surface area contributed by atoms with Crippen molar-refractivity contribution in [2.24, 2.45) is 0 Å². The molecule has 0 heterocycles. The van der Waals surface area contributed by atoms with E-state index in [0.29, 0.717) is 30.2 Å². The molecule has 0 aliphatic carbocycles. The van der Waals surface area contributed by atoms with Crippen LogP contribution < -0.4 is 14.8 Å². The normalized spacial score (nSPS) is 10.1. The Hall–Kier alpha value is -2.56. The van der Waals surface area contributed by atoms with Crippen LogP contribution in [0.25, 0.3) is 0 Å². The molecule has 2 aromatic carbocycles. The van der Waals surface area contributed by atoms with E-state index in [-0.39, 0.29) is 11.7 Å². The van der Waals surface area contributed by atoms with Gasteiger partial charge in [-0.1, -0.05) is 12.1 Å². The summed E-state index contributed by atoms with van der Waals surface area (Å²) in [7, 11) is 1.53. The molecule has 0 aliphatic heterocycles. The van der Waals surface area contributed by atoms with Crippen molar-refractivity contribution in [2.45, 2.75) is 6.92 Å². The van der Waals surface area contributed by atoms with Gasteiger partial charge in [0.2, 0.25) is 0 Å². The number of methoxy groups -OCH3 is 1. The van der Waals surface area contributed by atoms with E-state index in [9.17, 15) is 9.18 Å². The van der Waals surface area contributed by atoms with Crippen LogP contribution in [0, 0.1) is 12.7 Å². The average Bonchev–Trinajstić information content (AvgIpc) is 2.52. The monoisotopic (exact) mass is 303 g/mol. The Bertz CT molecular complexity index is 641. The maximum Gasteiger partial charge on any atom is 0.255 e. The Morgan fingerprint density at radius 3 is 2.59 bits per heavy atom. The first kappa shape index (κ1) is 15.8. The molecule has 0 saturated carbocycles. The average molecular weight is 303 g/mol. The number of ether oxygens (including phenoxy) is 2. The Morgan fingerprint density at radius 2 is 1.91 bits per heavy atom. The third-order valence-electron chi connectivity index (χ3n) is 3.15. The summed E-state index contributed by atoms with van der Waals surface area (Å²) in [5.74, 6) is 0.575. The van der Waals surface area contributed by atoms with Crippen LogP contribution in [0.4, 0.5) is 4.39 Å². The zero-order valence-corrected chi connectivity index (χ0v) is 12.6. The van der Waals surface area contributed by atoms with Crippen LogP contribution in [-0.4, -0.2) is 26.2 Å². The van der Waals surface area contributed by atoms with Gasteiger partial charge in [-0.2, -0.15) is 0 Å². The summed E-state index contributed by atoms with van der Waals surface area (Å²) in [5.41, 5.74) is 1.36. The fourth-order valence-electron chi connectivity index (χ4n) is 2.05. The zero-order chi connectivity index (χ0) is 15.9. The van der Waals surface area contributed by atoms with E-state index in [4.69, 9.17) is 9.47 Å². The lowest BCUT2D eigenvalue weighted by molar-refractivity contribution is 0.0943. The molecule has 0 bridgehead atoms. The summed E-state index contributed by atoms with van der Waals surface area (Å²) >= 11 is 0. The predicted molar refractivity (Wildman–Crippen MR) is 82.0 cm³/mol. The molecule has 116 valence electrons. The van der Waals surface area contributed by atoms with Gasteiger partial charge >= 0.3 is 0 Å². The predicted octanol–water partition coefficient (Wildman–Crippen LogP) is 2.95. The van der Waals surface area contributed by atoms with Crippen molar-refractivity contribution < 1.29 is 18.7 Å². The minimum Gasteiger partial charge on any atom is -0.496 e. The van der Waals surface area contributed by atoms with Crippen molar-refractivity contribution >= 4 is 5.91 Å². The quantitative estimate of drug-likeness (QED) is 0.835. The number of aryl methyl sites for hydroxylation is 1. The van der Waals surface area contributed by atoms with Crippen LogP contribution in [0.15, 0.2) is 42.5 Å². The van der Waals surface area contributed by atoms with Crippen molar-refractivity contribution in [3.8, 4) is 11.5 Å². The molecular weight excluding hydrogens is 285 g/mol. The molecule has 0 saturated heterocycles. The largest absolute Gasteiger partial charge is 0.496 e. The van der Waals surface area contributed by atoms with Crippen LogP contribution in [0.3, 0.4) is 0 Å². The van der Waals surface area contributed by atoms with Crippen LogP contribution in [0.2, 0.25) is 0 Å². The number of hydrogen-bond donors (Lipinski definition) is 1. The van der Waals surface area contributed by atoms with E-state index < -0.39 is 0 Å². The highest BCUT2D eigenvalue weighted by atomic mass is 19.1. The second-order valence-electron chi connectivity index (χ2n) is 4.71. The number of halogens is 1. The van der Waals surface area contributed by atoms with Gasteiger partial charge in [-0.05, 0) is 42.8 Å². The summed E-state index contributed by atoms with van der Waals surface area (Å²) in [5, 5.41) is 2.78. The van der Waals surface area contributed by atoms with Crippen molar-refractivity contribution in [3.05, 3.63) is 59.4 Å². The maximum atomic E-state index is 12.8. The molecule has 1 N–H and O–H groups in total. The molecule has 0 spiro atoms. The van der Waals surface area contributed by atoms with Crippen LogP contribution in [0.1, 0.15) is 15.9 Å². The topological polar surface area (TPSA) is 47.6 Å². The summed E-state index contributed by atoms with van der Waals surface area (Å²) in [6.45, 7) is 2.49. The Balaban J connectivity index is 1.87. The lowest BCUT2D eigenvalue weighted by Crippen LogP contribution is -2.29. The third-order valence-corrected chi connectivity index (χ3v) is 3.15. The van der Waals surface area contributed by atoms with Crippen molar-refractivity contribution in [1.82, 2.24) is 5.32 Å². The van der Waals surface area contributed by atoms with Gasteiger partial charge < -0.3 is 14.8 Å². The van der Waals surface area contributed by atoms with Crippen molar-refractivity contribution in [2.75, 3.05) is 20.3 Å². The Morgan fingerprint density at radius 1 is 1.18 bits per heavy atom. The van der Waals surface area contributed by atoms with E-state index in [2.05, 4.69) is 5.32 Å². The highest BCUT2D eigenvalue weighted by Gasteiger charge is 2.14. The summed E-state index contributed by atoms with van der Waals surface area (Å²) in [6.07, 6.45) is 0. The molecule has 0 aliphatic rings. The maximum absolute atomic E-state index is 12.8. The first-order chi connectivity index (χ1) is 10.6. The summed E-state index contributed by atoms with van der Waals surface area (Å²) in [6, 6.07) is 11.2. The van der Waals surface area contributed by atoms with E-state index in [1.165, 1.54) is 19.2 Å². The molecule has 22 heavy (non-hydrogen) atoms. The van der Waals surface area contributed by atoms with Gasteiger partial charge in [0.25, 0.3) is 5.91 Å². The minimum atomic E-state index is -0.313. The van der Waals surface area contributed by atoms with E-state index in [0.717, 1.165) is 5.56 Å². The number of nitrogens with one attached hydrogen (secondary N) is 1. The number of hydrogen-bond acceptors (Lipinski definition) is 3. The molecule has 1 amide bonds. The molecule has 0 aromatic heterocycles. The fourth-order valence-corrected chi connectivity index (χ4v) is 2.05. The molecule has 4 nitrogen and oxygen atoms in total. The van der Waals surface area contributed by atoms with Crippen LogP contribution in [-0.2, 0) is 0 Å². The molecule has 0 fully saturated rings. The molecule has 0 unspecified atom stereocenters. The minimum absolute atomic E-state index is 0.211. The fraction of sp³-hybridized carbons (Fsp3) is 0.235. The highest BCUT2D eigenvalue weighted by Crippen LogP contribution is 2.21. The van der Waals surface area contributed by atoms with Crippen LogP contribution in [0.5, 0.6) is 11.5 Å². The van der Waals surface area contributed by atoms with E-state index in [1.54, 1.807) is 18.2 Å². The molecular formula is C17H18FNO3. The Labute approximate surface area is 128 Å². The zero-order valence-electron chi connectivity index (χ0n) is 12.6. The number of amides is 1. The number of benzene rings is 2. The smallest absolute Gasteiger partial charge is 0.255 e. The molecule has 0 atom stereocenters. The standard InChI is InChI=1S/C17H18FNO3/c1-12-4-3-5-15(21-2)16(12)17(20)19-10-11-22-14-8-6-13(18)7-9-14/h3-9H,10-11H2,1-2H3,(H,19,20). The SMILES string of the molecule is COc1cccc(C)c1C(=O)NCCOc1ccc(F)cc1. The number of carbonyl (C=O) groups is 1. The lowest BCUT2D eigenvalue weighted by atomic mass is 10.1. The molecule has 2 aromatic rings. The molecule has 5 heteroatoms. The number of rotatable bonds is 6. The van der Waals surface area contributed by atoms with E-state index in [1.807, 2.05) is 19.1 Å². The molecule has 2 rings (SSSR count). The number of carbonyl (C=O) groups excluding carboxylic acids is 1. The van der Waals surface area contributed by atoms with Crippen molar-refractivity contribution in [3.63, 3.8) is 0 Å². The lowest BCUT2D eigenvalue weighted by Gasteiger charge is -2.12. The van der Waals surface area contributed by atoms with Gasteiger partial charge in [-0.25, -0.2) is 4.39 Å². The summed E-state index contributed by atoms with van der Waals surface area (Å²) in [4.78, 5) is 12.2. The van der Waals surface area contributed by atoms with Crippen molar-refractivity contribution in [1.29, 1.82) is 0 Å². The van der Waals surface area contributed by atoms with Crippen LogP contribution >= 0.6 is 0 Å². The van der Waals surface area contributed by atoms with Gasteiger partial charge in [0.15, 0.2) is 0 Å². The summed E-state index contributed by atoms with van der Waals surface area (Å²) < 4.78 is 23.4. The van der Waals surface area contributed by atoms with Gasteiger partial charge in [0.05, 0.1) is 19.2 Å². The first-order valence-corrected chi connectivity index (χ1v) is 6.92. The first-order valence-electron chi connectivity index (χ1n) is 6.92. The Kier molecular flexibility index (Phi) is 5.36. The second-order valence-corrected chi connectivity index (χ2v) is 4.71. The van der Waals surface area contributed by atoms with Gasteiger partial charge in [0, 0.05) is 0 Å².